The summed E-state index contributed by atoms with van der Waals surface area (Å²) in [6.07, 6.45) is 2.76. The van der Waals surface area contributed by atoms with Gasteiger partial charge >= 0.3 is 0 Å². The third-order valence-electron chi connectivity index (χ3n) is 5.99. The Morgan fingerprint density at radius 1 is 0.938 bits per heavy atom. The van der Waals surface area contributed by atoms with Crippen molar-refractivity contribution in [3.05, 3.63) is 113 Å². The maximum Gasteiger partial charge on any atom is 0.252 e. The van der Waals surface area contributed by atoms with Crippen molar-refractivity contribution >= 4 is 23.0 Å². The number of allylic oxidation sites excluding steroid dienone is 1. The number of hydrogen-bond donors (Lipinski definition) is 1. The Bertz CT molecular complexity index is 1270. The predicted molar refractivity (Wildman–Crippen MR) is 122 cm³/mol. The Kier molecular flexibility index (Phi) is 5.23. The first kappa shape index (κ1) is 20.1. The summed E-state index contributed by atoms with van der Waals surface area (Å²) in [6, 6.07) is 20.9. The van der Waals surface area contributed by atoms with Crippen LogP contribution in [-0.2, 0) is 17.6 Å². The van der Waals surface area contributed by atoms with Crippen LogP contribution in [0.2, 0.25) is 0 Å². The van der Waals surface area contributed by atoms with Crippen molar-refractivity contribution in [2.24, 2.45) is 4.99 Å². The van der Waals surface area contributed by atoms with Gasteiger partial charge in [-0.1, -0.05) is 54.6 Å². The third kappa shape index (κ3) is 3.89. The number of aliphatic imine (C=N–C) groups is 1. The van der Waals surface area contributed by atoms with E-state index in [1.54, 1.807) is 24.3 Å². The highest BCUT2D eigenvalue weighted by Gasteiger charge is 2.28. The number of ketones is 1. The van der Waals surface area contributed by atoms with Crippen LogP contribution in [-0.4, -0.2) is 30.0 Å². The SMILES string of the molecule is O=C(NC1Cc2ccccc2CC1=O)c1ccccc1C1=NCC(c2ccc(F)cc2)=C1. The standard InChI is InChI=1S/C27H21FN2O2/c28-21-11-9-17(10-12-21)20-14-24(29-16-20)22-7-3-4-8-23(22)27(32)30-25-13-18-5-1-2-6-19(18)15-26(25)31/h1-12,14,25H,13,15-16H2,(H,30,32). The zero-order chi connectivity index (χ0) is 22.1. The van der Waals surface area contributed by atoms with E-state index in [-0.39, 0.29) is 17.5 Å². The van der Waals surface area contributed by atoms with Gasteiger partial charge in [-0.3, -0.25) is 14.6 Å². The summed E-state index contributed by atoms with van der Waals surface area (Å²) in [5.41, 5.74) is 5.89. The average Bonchev–Trinajstić information content (AvgIpc) is 3.30. The normalized spacial score (nSPS) is 17.4. The first-order valence-electron chi connectivity index (χ1n) is 10.6. The number of carbonyl (C=O) groups excluding carboxylic acids is 2. The summed E-state index contributed by atoms with van der Waals surface area (Å²) in [4.78, 5) is 30.4. The number of rotatable bonds is 4. The smallest absolute Gasteiger partial charge is 0.252 e. The number of fused-ring (bicyclic) bond motifs is 1. The molecule has 4 nitrogen and oxygen atoms in total. The fraction of sp³-hybridized carbons (Fsp3) is 0.148. The minimum absolute atomic E-state index is 0.0197. The second-order valence-corrected chi connectivity index (χ2v) is 8.07. The number of nitrogens with zero attached hydrogens (tertiary/aromatic N) is 1. The zero-order valence-electron chi connectivity index (χ0n) is 17.3. The van der Waals surface area contributed by atoms with Gasteiger partial charge in [0.15, 0.2) is 5.78 Å². The molecule has 5 rings (SSSR count). The fourth-order valence-electron chi connectivity index (χ4n) is 4.27. The van der Waals surface area contributed by atoms with E-state index in [1.807, 2.05) is 42.5 Å². The Morgan fingerprint density at radius 3 is 2.47 bits per heavy atom. The number of Topliss-reactive ketones (excluding diaryl/α,β-unsaturated/α-hetero) is 1. The van der Waals surface area contributed by atoms with E-state index in [0.717, 1.165) is 22.3 Å². The highest BCUT2D eigenvalue weighted by molar-refractivity contribution is 6.19. The minimum atomic E-state index is -0.540. The number of hydrogen-bond acceptors (Lipinski definition) is 3. The van der Waals surface area contributed by atoms with Crippen molar-refractivity contribution in [1.29, 1.82) is 0 Å². The van der Waals surface area contributed by atoms with Crippen LogP contribution in [0.4, 0.5) is 4.39 Å². The van der Waals surface area contributed by atoms with Gasteiger partial charge < -0.3 is 5.32 Å². The lowest BCUT2D eigenvalue weighted by molar-refractivity contribution is -0.120. The molecule has 0 spiro atoms. The van der Waals surface area contributed by atoms with Crippen LogP contribution in [0.5, 0.6) is 0 Å². The van der Waals surface area contributed by atoms with Crippen LogP contribution in [0, 0.1) is 5.82 Å². The summed E-state index contributed by atoms with van der Waals surface area (Å²) in [7, 11) is 0. The Morgan fingerprint density at radius 2 is 1.66 bits per heavy atom. The molecular weight excluding hydrogens is 403 g/mol. The van der Waals surface area contributed by atoms with Crippen molar-refractivity contribution in [3.8, 4) is 0 Å². The van der Waals surface area contributed by atoms with Gasteiger partial charge in [0.2, 0.25) is 0 Å². The van der Waals surface area contributed by atoms with E-state index < -0.39 is 6.04 Å². The van der Waals surface area contributed by atoms with Gasteiger partial charge in [0, 0.05) is 24.0 Å². The Labute approximate surface area is 185 Å². The topological polar surface area (TPSA) is 58.5 Å². The van der Waals surface area contributed by atoms with E-state index in [0.29, 0.717) is 36.2 Å². The van der Waals surface area contributed by atoms with Crippen LogP contribution < -0.4 is 5.32 Å². The molecule has 1 N–H and O–H groups in total. The first-order valence-corrected chi connectivity index (χ1v) is 10.6. The lowest BCUT2D eigenvalue weighted by atomic mass is 9.87. The summed E-state index contributed by atoms with van der Waals surface area (Å²) < 4.78 is 13.2. The first-order chi connectivity index (χ1) is 15.6. The molecule has 1 aliphatic heterocycles. The Hall–Kier alpha value is -3.86. The largest absolute Gasteiger partial charge is 0.342 e. The molecule has 3 aromatic rings. The Balaban J connectivity index is 1.37. The summed E-state index contributed by atoms with van der Waals surface area (Å²) in [5, 5.41) is 2.93. The summed E-state index contributed by atoms with van der Waals surface area (Å²) in [6.45, 7) is 0.467. The summed E-state index contributed by atoms with van der Waals surface area (Å²) in [5.74, 6) is -0.550. The lowest BCUT2D eigenvalue weighted by Gasteiger charge is -2.24. The fourth-order valence-corrected chi connectivity index (χ4v) is 4.27. The van der Waals surface area contributed by atoms with Crippen molar-refractivity contribution in [2.75, 3.05) is 6.54 Å². The lowest BCUT2D eigenvalue weighted by Crippen LogP contribution is -2.45. The van der Waals surface area contributed by atoms with Gasteiger partial charge in [-0.15, -0.1) is 0 Å². The van der Waals surface area contributed by atoms with Gasteiger partial charge in [-0.25, -0.2) is 4.39 Å². The molecule has 32 heavy (non-hydrogen) atoms. The second-order valence-electron chi connectivity index (χ2n) is 8.07. The molecular formula is C27H21FN2O2. The molecule has 5 heteroatoms. The van der Waals surface area contributed by atoms with Gasteiger partial charge in [-0.05, 0) is 46.5 Å². The van der Waals surface area contributed by atoms with Gasteiger partial charge in [0.1, 0.15) is 5.82 Å². The molecule has 0 saturated heterocycles. The molecule has 158 valence electrons. The summed E-state index contributed by atoms with van der Waals surface area (Å²) >= 11 is 0. The highest BCUT2D eigenvalue weighted by Crippen LogP contribution is 2.24. The molecule has 0 saturated carbocycles. The number of nitrogens with one attached hydrogen (secondary N) is 1. The number of carbonyl (C=O) groups is 2. The third-order valence-corrected chi connectivity index (χ3v) is 5.99. The van der Waals surface area contributed by atoms with Crippen molar-refractivity contribution in [1.82, 2.24) is 5.32 Å². The molecule has 1 aliphatic carbocycles. The molecule has 0 radical (unpaired) electrons. The van der Waals surface area contributed by atoms with Crippen molar-refractivity contribution in [2.45, 2.75) is 18.9 Å². The van der Waals surface area contributed by atoms with Crippen LogP contribution in [0.15, 0.2) is 83.9 Å². The molecule has 0 aromatic heterocycles. The number of amides is 1. The number of benzene rings is 3. The molecule has 1 heterocycles. The van der Waals surface area contributed by atoms with Crippen molar-refractivity contribution < 1.29 is 14.0 Å². The van der Waals surface area contributed by atoms with Crippen LogP contribution in [0.3, 0.4) is 0 Å². The molecule has 3 aromatic carbocycles. The molecule has 2 aliphatic rings. The monoisotopic (exact) mass is 424 g/mol. The quantitative estimate of drug-likeness (QED) is 0.683. The second kappa shape index (κ2) is 8.35. The van der Waals surface area contributed by atoms with E-state index in [1.165, 1.54) is 12.1 Å². The zero-order valence-corrected chi connectivity index (χ0v) is 17.3. The van der Waals surface area contributed by atoms with Gasteiger partial charge in [-0.2, -0.15) is 0 Å². The number of halogens is 1. The van der Waals surface area contributed by atoms with E-state index in [9.17, 15) is 14.0 Å². The highest BCUT2D eigenvalue weighted by atomic mass is 19.1. The van der Waals surface area contributed by atoms with E-state index in [4.69, 9.17) is 0 Å². The maximum atomic E-state index is 13.2. The van der Waals surface area contributed by atoms with Gasteiger partial charge in [0.05, 0.1) is 18.3 Å². The van der Waals surface area contributed by atoms with Crippen LogP contribution >= 0.6 is 0 Å². The van der Waals surface area contributed by atoms with Crippen LogP contribution in [0.1, 0.15) is 32.6 Å². The van der Waals surface area contributed by atoms with E-state index >= 15 is 0 Å². The van der Waals surface area contributed by atoms with Crippen LogP contribution in [0.25, 0.3) is 5.57 Å². The molecule has 1 unspecified atom stereocenters. The van der Waals surface area contributed by atoms with E-state index in [2.05, 4.69) is 10.3 Å². The average molecular weight is 424 g/mol. The van der Waals surface area contributed by atoms with Crippen molar-refractivity contribution in [3.63, 3.8) is 0 Å². The minimum Gasteiger partial charge on any atom is -0.342 e. The molecule has 1 atom stereocenters. The maximum absolute atomic E-state index is 13.2. The predicted octanol–water partition coefficient (Wildman–Crippen LogP) is 4.18. The molecule has 0 fully saturated rings. The molecule has 1 amide bonds. The molecule has 0 bridgehead atoms. The van der Waals surface area contributed by atoms with Gasteiger partial charge in [0.25, 0.3) is 5.91 Å².